The summed E-state index contributed by atoms with van der Waals surface area (Å²) in [6.07, 6.45) is 6.21. The first-order chi connectivity index (χ1) is 11.5. The van der Waals surface area contributed by atoms with Crippen molar-refractivity contribution in [3.05, 3.63) is 42.4 Å². The fraction of sp³-hybridized carbons (Fsp3) is 0.500. The predicted molar refractivity (Wildman–Crippen MR) is 94.5 cm³/mol. The van der Waals surface area contributed by atoms with Gasteiger partial charge in [-0.2, -0.15) is 0 Å². The minimum absolute atomic E-state index is 0.213. The molecule has 4 nitrogen and oxygen atoms in total. The zero-order valence-electron chi connectivity index (χ0n) is 14.8. The van der Waals surface area contributed by atoms with E-state index in [4.69, 9.17) is 4.42 Å². The van der Waals surface area contributed by atoms with Crippen LogP contribution in [0.25, 0.3) is 11.3 Å². The first-order valence-electron chi connectivity index (χ1n) is 8.75. The maximum atomic E-state index is 12.4. The summed E-state index contributed by atoms with van der Waals surface area (Å²) >= 11 is 0. The molecule has 1 atom stereocenters. The van der Waals surface area contributed by atoms with Gasteiger partial charge in [-0.25, -0.2) is 4.98 Å². The van der Waals surface area contributed by atoms with Crippen LogP contribution in [0.4, 0.5) is 0 Å². The zero-order chi connectivity index (χ0) is 17.2. The van der Waals surface area contributed by atoms with E-state index in [0.717, 1.165) is 17.7 Å². The van der Waals surface area contributed by atoms with Crippen molar-refractivity contribution in [1.82, 2.24) is 9.88 Å². The lowest BCUT2D eigenvalue weighted by Gasteiger charge is -2.30. The second-order valence-electron chi connectivity index (χ2n) is 7.17. The van der Waals surface area contributed by atoms with Gasteiger partial charge in [0.15, 0.2) is 11.7 Å². The van der Waals surface area contributed by atoms with Crippen LogP contribution in [0.3, 0.4) is 0 Å². The van der Waals surface area contributed by atoms with Crippen molar-refractivity contribution < 1.29 is 9.21 Å². The topological polar surface area (TPSA) is 46.3 Å². The van der Waals surface area contributed by atoms with E-state index in [2.05, 4.69) is 18.8 Å². The van der Waals surface area contributed by atoms with Crippen molar-refractivity contribution >= 4 is 5.91 Å². The van der Waals surface area contributed by atoms with Gasteiger partial charge in [-0.3, -0.25) is 4.79 Å². The van der Waals surface area contributed by atoms with Gasteiger partial charge in [-0.15, -0.1) is 0 Å². The van der Waals surface area contributed by atoms with E-state index in [9.17, 15) is 4.79 Å². The molecule has 0 saturated heterocycles. The third kappa shape index (κ3) is 3.69. The molecular weight excluding hydrogens is 300 g/mol. The van der Waals surface area contributed by atoms with Crippen LogP contribution in [0.2, 0.25) is 0 Å². The Morgan fingerprint density at radius 3 is 2.71 bits per heavy atom. The lowest BCUT2D eigenvalue weighted by atomic mass is 9.99. The Hall–Kier alpha value is -2.10. The molecule has 1 aliphatic carbocycles. The first kappa shape index (κ1) is 16.7. The smallest absolute Gasteiger partial charge is 0.222 e. The highest BCUT2D eigenvalue weighted by Gasteiger charge is 2.45. The Balaban J connectivity index is 1.48. The molecule has 24 heavy (non-hydrogen) atoms. The maximum Gasteiger partial charge on any atom is 0.222 e. The van der Waals surface area contributed by atoms with Gasteiger partial charge < -0.3 is 9.32 Å². The van der Waals surface area contributed by atoms with Gasteiger partial charge in [-0.05, 0) is 31.6 Å². The largest absolute Gasteiger partial charge is 0.441 e. The third-order valence-electron chi connectivity index (χ3n) is 5.41. The third-order valence-corrected chi connectivity index (χ3v) is 5.41. The van der Waals surface area contributed by atoms with Gasteiger partial charge in [0, 0.05) is 31.5 Å². The van der Waals surface area contributed by atoms with Crippen LogP contribution in [0.5, 0.6) is 0 Å². The fourth-order valence-electron chi connectivity index (χ4n) is 3.03. The lowest BCUT2D eigenvalue weighted by molar-refractivity contribution is -0.133. The highest BCUT2D eigenvalue weighted by molar-refractivity contribution is 5.76. The molecule has 1 aromatic carbocycles. The van der Waals surface area contributed by atoms with Crippen molar-refractivity contribution in [2.24, 2.45) is 5.41 Å². The van der Waals surface area contributed by atoms with E-state index in [1.165, 1.54) is 12.8 Å². The van der Waals surface area contributed by atoms with Gasteiger partial charge in [0.1, 0.15) is 0 Å². The molecule has 1 amide bonds. The molecule has 2 aromatic rings. The van der Waals surface area contributed by atoms with E-state index in [0.29, 0.717) is 30.2 Å². The minimum Gasteiger partial charge on any atom is -0.441 e. The molecule has 1 heterocycles. The fourth-order valence-corrected chi connectivity index (χ4v) is 3.03. The maximum absolute atomic E-state index is 12.4. The van der Waals surface area contributed by atoms with Crippen LogP contribution in [0, 0.1) is 5.41 Å². The molecule has 1 aliphatic rings. The van der Waals surface area contributed by atoms with Crippen molar-refractivity contribution in [2.75, 3.05) is 7.05 Å². The Kier molecular flexibility index (Phi) is 4.74. The normalized spacial score (nSPS) is 16.6. The average Bonchev–Trinajstić information content (AvgIpc) is 3.18. The summed E-state index contributed by atoms with van der Waals surface area (Å²) in [5.41, 5.74) is 1.36. The number of hydrogen-bond donors (Lipinski definition) is 0. The Bertz CT molecular complexity index is 689. The molecule has 1 fully saturated rings. The number of amides is 1. The summed E-state index contributed by atoms with van der Waals surface area (Å²) in [7, 11) is 1.93. The molecule has 0 N–H and O–H groups in total. The van der Waals surface area contributed by atoms with E-state index in [1.807, 2.05) is 42.3 Å². The van der Waals surface area contributed by atoms with Gasteiger partial charge in [0.05, 0.1) is 6.20 Å². The Morgan fingerprint density at radius 2 is 2.04 bits per heavy atom. The molecule has 1 aromatic heterocycles. The average molecular weight is 326 g/mol. The molecule has 0 spiro atoms. The summed E-state index contributed by atoms with van der Waals surface area (Å²) in [5.74, 6) is 1.70. The number of oxazole rings is 1. The highest BCUT2D eigenvalue weighted by Crippen LogP contribution is 2.49. The van der Waals surface area contributed by atoms with Crippen molar-refractivity contribution in [1.29, 1.82) is 0 Å². The van der Waals surface area contributed by atoms with E-state index < -0.39 is 0 Å². The molecular formula is C20H26N2O2. The lowest BCUT2D eigenvalue weighted by Crippen LogP contribution is -2.39. The van der Waals surface area contributed by atoms with Crippen LogP contribution in [0.15, 0.2) is 40.9 Å². The van der Waals surface area contributed by atoms with Crippen LogP contribution < -0.4 is 0 Å². The van der Waals surface area contributed by atoms with Gasteiger partial charge in [0.2, 0.25) is 5.91 Å². The van der Waals surface area contributed by atoms with Crippen LogP contribution >= 0.6 is 0 Å². The summed E-state index contributed by atoms with van der Waals surface area (Å²) in [6, 6.07) is 10.3. The first-order valence-corrected chi connectivity index (χ1v) is 8.75. The second kappa shape index (κ2) is 6.80. The summed E-state index contributed by atoms with van der Waals surface area (Å²) in [4.78, 5) is 18.6. The number of hydrogen-bond acceptors (Lipinski definition) is 3. The molecule has 0 aliphatic heterocycles. The number of benzene rings is 1. The molecule has 0 bridgehead atoms. The summed E-state index contributed by atoms with van der Waals surface area (Å²) in [6.45, 7) is 4.42. The van der Waals surface area contributed by atoms with Crippen LogP contribution in [-0.2, 0) is 11.2 Å². The van der Waals surface area contributed by atoms with Crippen molar-refractivity contribution in [3.63, 3.8) is 0 Å². The monoisotopic (exact) mass is 326 g/mol. The molecule has 3 rings (SSSR count). The molecule has 0 radical (unpaired) electrons. The quantitative estimate of drug-likeness (QED) is 0.761. The van der Waals surface area contributed by atoms with Gasteiger partial charge in [-0.1, -0.05) is 37.3 Å². The summed E-state index contributed by atoms with van der Waals surface area (Å²) < 4.78 is 5.79. The van der Waals surface area contributed by atoms with E-state index in [-0.39, 0.29) is 5.91 Å². The number of aromatic nitrogens is 1. The summed E-state index contributed by atoms with van der Waals surface area (Å²) in [5, 5.41) is 0. The van der Waals surface area contributed by atoms with Crippen LogP contribution in [-0.4, -0.2) is 28.9 Å². The number of carbonyl (C=O) groups excluding carboxylic acids is 1. The van der Waals surface area contributed by atoms with E-state index >= 15 is 0 Å². The highest BCUT2D eigenvalue weighted by atomic mass is 16.4. The standard InChI is InChI=1S/C20H26N2O2/c1-15(20(2)12-13-20)22(3)19(23)11-7-10-18-21-14-17(24-18)16-8-5-4-6-9-16/h4-6,8-9,14-15H,7,10-13H2,1-3H3/t15-/m0/s1. The van der Waals surface area contributed by atoms with Crippen molar-refractivity contribution in [3.8, 4) is 11.3 Å². The molecule has 128 valence electrons. The molecule has 0 unspecified atom stereocenters. The SMILES string of the molecule is C[C@H](N(C)C(=O)CCCc1ncc(-c2ccccc2)o1)C1(C)CC1. The van der Waals surface area contributed by atoms with Gasteiger partial charge in [0.25, 0.3) is 0 Å². The predicted octanol–water partition coefficient (Wildman–Crippen LogP) is 4.31. The zero-order valence-corrected chi connectivity index (χ0v) is 14.8. The Morgan fingerprint density at radius 1 is 1.33 bits per heavy atom. The van der Waals surface area contributed by atoms with Gasteiger partial charge >= 0.3 is 0 Å². The van der Waals surface area contributed by atoms with E-state index in [1.54, 1.807) is 6.20 Å². The minimum atomic E-state index is 0.213. The number of carbonyl (C=O) groups is 1. The number of aryl methyl sites for hydroxylation is 1. The Labute approximate surface area is 143 Å². The number of nitrogens with zero attached hydrogens (tertiary/aromatic N) is 2. The van der Waals surface area contributed by atoms with Crippen LogP contribution in [0.1, 0.15) is 45.4 Å². The van der Waals surface area contributed by atoms with Crippen molar-refractivity contribution in [2.45, 2.75) is 52.0 Å². The number of rotatable bonds is 7. The molecule has 4 heteroatoms. The molecule has 1 saturated carbocycles. The second-order valence-corrected chi connectivity index (χ2v) is 7.17.